The minimum Gasteiger partial charge on any atom is -0.497 e. The predicted molar refractivity (Wildman–Crippen MR) is 132 cm³/mol. The molecule has 1 unspecified atom stereocenters. The summed E-state index contributed by atoms with van der Waals surface area (Å²) < 4.78 is 10.7. The van der Waals surface area contributed by atoms with Crippen molar-refractivity contribution in [1.82, 2.24) is 0 Å². The van der Waals surface area contributed by atoms with E-state index in [9.17, 15) is 14.4 Å². The van der Waals surface area contributed by atoms with Crippen LogP contribution in [0, 0.1) is 0 Å². The fourth-order valence-electron chi connectivity index (χ4n) is 3.23. The lowest BCUT2D eigenvalue weighted by Gasteiger charge is -2.18. The van der Waals surface area contributed by atoms with Gasteiger partial charge in [-0.25, -0.2) is 9.59 Å². The van der Waals surface area contributed by atoms with Crippen LogP contribution in [0.15, 0.2) is 84.9 Å². The summed E-state index contributed by atoms with van der Waals surface area (Å²) in [4.78, 5) is 37.0. The molecule has 0 bridgehead atoms. The molecule has 3 rings (SSSR count). The molecule has 0 fully saturated rings. The van der Waals surface area contributed by atoms with Crippen molar-refractivity contribution in [3.63, 3.8) is 0 Å². The summed E-state index contributed by atoms with van der Waals surface area (Å²) >= 11 is 0. The molecule has 8 heteroatoms. The van der Waals surface area contributed by atoms with Gasteiger partial charge in [-0.1, -0.05) is 54.6 Å². The summed E-state index contributed by atoms with van der Waals surface area (Å²) in [6, 6.07) is 19.0. The molecule has 184 valence electrons. The van der Waals surface area contributed by atoms with Crippen LogP contribution in [-0.4, -0.2) is 46.4 Å². The smallest absolute Gasteiger partial charge is 0.339 e. The number of carboxylic acid groups (broad SMARTS) is 1. The first-order chi connectivity index (χ1) is 17.3. The number of rotatable bonds is 10. The van der Waals surface area contributed by atoms with Crippen LogP contribution in [-0.2, 0) is 9.53 Å². The van der Waals surface area contributed by atoms with Crippen molar-refractivity contribution >= 4 is 29.9 Å². The number of benzene rings is 3. The van der Waals surface area contributed by atoms with Crippen LogP contribution in [0.3, 0.4) is 0 Å². The molecule has 3 aromatic rings. The van der Waals surface area contributed by atoms with E-state index in [4.69, 9.17) is 24.8 Å². The number of aliphatic hydroxyl groups is 2. The second kappa shape index (κ2) is 12.3. The fraction of sp³-hybridized carbons (Fsp3) is 0.107. The maximum Gasteiger partial charge on any atom is 0.339 e. The Morgan fingerprint density at radius 3 is 1.89 bits per heavy atom. The van der Waals surface area contributed by atoms with Gasteiger partial charge in [0.2, 0.25) is 5.78 Å². The zero-order chi connectivity index (χ0) is 26.1. The highest BCUT2D eigenvalue weighted by molar-refractivity contribution is 6.02. The van der Waals surface area contributed by atoms with E-state index in [1.54, 1.807) is 60.7 Å². The van der Waals surface area contributed by atoms with Crippen LogP contribution < -0.4 is 4.74 Å². The van der Waals surface area contributed by atoms with Crippen LogP contribution in [0.25, 0.3) is 12.2 Å². The van der Waals surface area contributed by atoms with Gasteiger partial charge in [0.25, 0.3) is 0 Å². The highest BCUT2D eigenvalue weighted by Gasteiger charge is 2.27. The summed E-state index contributed by atoms with van der Waals surface area (Å²) in [5, 5.41) is 26.7. The number of ketones is 1. The van der Waals surface area contributed by atoms with E-state index in [0.717, 1.165) is 6.08 Å². The molecule has 0 aliphatic heterocycles. The number of hydrogen-bond acceptors (Lipinski definition) is 7. The monoisotopic (exact) mass is 488 g/mol. The van der Waals surface area contributed by atoms with Gasteiger partial charge in [0.1, 0.15) is 5.75 Å². The number of carbonyl (C=O) groups is 3. The molecule has 0 saturated heterocycles. The number of carboxylic acids is 1. The summed E-state index contributed by atoms with van der Waals surface area (Å²) in [5.74, 6) is -1.70. The Labute approximate surface area is 207 Å². The average Bonchev–Trinajstić information content (AvgIpc) is 2.89. The molecule has 36 heavy (non-hydrogen) atoms. The molecule has 3 aromatic carbocycles. The number of hydrogen-bond donors (Lipinski definition) is 3. The number of methoxy groups -OCH3 is 1. The highest BCUT2D eigenvalue weighted by atomic mass is 16.5. The van der Waals surface area contributed by atoms with E-state index in [0.29, 0.717) is 22.4 Å². The second-order valence-electron chi connectivity index (χ2n) is 7.61. The van der Waals surface area contributed by atoms with Crippen LogP contribution >= 0.6 is 0 Å². The van der Waals surface area contributed by atoms with E-state index >= 15 is 0 Å². The molecular formula is C28H24O8. The van der Waals surface area contributed by atoms with E-state index in [1.165, 1.54) is 37.5 Å². The molecule has 8 nitrogen and oxygen atoms in total. The predicted octanol–water partition coefficient (Wildman–Crippen LogP) is 3.90. The molecule has 0 aliphatic rings. The van der Waals surface area contributed by atoms with Gasteiger partial charge in [-0.2, -0.15) is 0 Å². The maximum atomic E-state index is 13.4. The van der Waals surface area contributed by atoms with Crippen LogP contribution in [0.4, 0.5) is 0 Å². The fourth-order valence-corrected chi connectivity index (χ4v) is 3.23. The van der Waals surface area contributed by atoms with Gasteiger partial charge in [-0.3, -0.25) is 4.79 Å². The van der Waals surface area contributed by atoms with E-state index < -0.39 is 30.1 Å². The second-order valence-corrected chi connectivity index (χ2v) is 7.61. The first-order valence-corrected chi connectivity index (χ1v) is 10.8. The van der Waals surface area contributed by atoms with Gasteiger partial charge >= 0.3 is 11.9 Å². The highest BCUT2D eigenvalue weighted by Crippen LogP contribution is 2.26. The van der Waals surface area contributed by atoms with Gasteiger partial charge in [-0.15, -0.1) is 0 Å². The minimum absolute atomic E-state index is 0.234. The first-order valence-electron chi connectivity index (χ1n) is 10.8. The lowest BCUT2D eigenvalue weighted by molar-refractivity contribution is -0.131. The molecular weight excluding hydrogens is 464 g/mol. The molecule has 0 aliphatic carbocycles. The lowest BCUT2D eigenvalue weighted by atomic mass is 9.97. The van der Waals surface area contributed by atoms with Gasteiger partial charge in [0.05, 0.1) is 12.7 Å². The quantitative estimate of drug-likeness (QED) is 0.170. The zero-order valence-corrected chi connectivity index (χ0v) is 19.3. The number of carbonyl (C=O) groups excluding carboxylic acids is 2. The van der Waals surface area contributed by atoms with Crippen molar-refractivity contribution in [1.29, 1.82) is 0 Å². The van der Waals surface area contributed by atoms with E-state index in [-0.39, 0.29) is 11.1 Å². The number of aliphatic carboxylic acids is 1. The molecule has 1 atom stereocenters. The number of esters is 1. The lowest BCUT2D eigenvalue weighted by Crippen LogP contribution is -2.20. The third kappa shape index (κ3) is 7.23. The Kier molecular flexibility index (Phi) is 8.88. The summed E-state index contributed by atoms with van der Waals surface area (Å²) in [5.41, 5.74) is 2.15. The molecule has 0 heterocycles. The molecule has 0 amide bonds. The molecule has 0 saturated carbocycles. The summed E-state index contributed by atoms with van der Waals surface area (Å²) in [7, 11) is 1.50. The molecule has 0 spiro atoms. The van der Waals surface area contributed by atoms with Gasteiger partial charge in [-0.05, 0) is 47.5 Å². The number of ether oxygens (including phenoxy) is 2. The molecule has 0 radical (unpaired) electrons. The Bertz CT molecular complexity index is 1250. The normalized spacial score (nSPS) is 12.1. The summed E-state index contributed by atoms with van der Waals surface area (Å²) in [6.07, 6.45) is 2.20. The third-order valence-electron chi connectivity index (χ3n) is 5.10. The Morgan fingerprint density at radius 1 is 0.778 bits per heavy atom. The Morgan fingerprint density at radius 2 is 1.33 bits per heavy atom. The van der Waals surface area contributed by atoms with Gasteiger partial charge in [0, 0.05) is 17.2 Å². The number of Topliss-reactive ketones (excluding diaryl/α,β-unsaturated/α-hetero) is 1. The van der Waals surface area contributed by atoms with Crippen molar-refractivity contribution in [2.45, 2.75) is 12.4 Å². The average molecular weight is 488 g/mol. The Hall–Kier alpha value is -4.53. The minimum atomic E-state index is -1.60. The zero-order valence-electron chi connectivity index (χ0n) is 19.3. The molecule has 3 N–H and O–H groups in total. The van der Waals surface area contributed by atoms with Crippen molar-refractivity contribution in [2.75, 3.05) is 7.11 Å². The largest absolute Gasteiger partial charge is 0.497 e. The maximum absolute atomic E-state index is 13.4. The van der Waals surface area contributed by atoms with Crippen LogP contribution in [0.2, 0.25) is 0 Å². The van der Waals surface area contributed by atoms with E-state index in [2.05, 4.69) is 0 Å². The number of aliphatic hydroxyl groups excluding tert-OH is 1. The first kappa shape index (κ1) is 26.1. The Balaban J connectivity index is 1.90. The van der Waals surface area contributed by atoms with Crippen molar-refractivity contribution in [3.8, 4) is 5.75 Å². The SMILES string of the molecule is COc1ccc(C(=O)OC(C(=O)c2ccc(/C=C/C(O)O)cc2)c2ccc(/C=C/C(=O)O)cc2)cc1. The van der Waals surface area contributed by atoms with Gasteiger partial charge in [0.15, 0.2) is 12.4 Å². The summed E-state index contributed by atoms with van der Waals surface area (Å²) in [6.45, 7) is 0. The van der Waals surface area contributed by atoms with Crippen LogP contribution in [0.1, 0.15) is 43.5 Å². The van der Waals surface area contributed by atoms with Crippen molar-refractivity contribution < 1.29 is 39.2 Å². The molecule has 0 aromatic heterocycles. The van der Waals surface area contributed by atoms with Crippen molar-refractivity contribution in [2.24, 2.45) is 0 Å². The van der Waals surface area contributed by atoms with Crippen molar-refractivity contribution in [3.05, 3.63) is 113 Å². The van der Waals surface area contributed by atoms with Crippen LogP contribution in [0.5, 0.6) is 5.75 Å². The topological polar surface area (TPSA) is 130 Å². The third-order valence-corrected chi connectivity index (χ3v) is 5.10. The van der Waals surface area contributed by atoms with Gasteiger partial charge < -0.3 is 24.8 Å². The van der Waals surface area contributed by atoms with E-state index in [1.807, 2.05) is 0 Å². The standard InChI is InChI=1S/C28H24O8/c1-35-23-14-12-22(13-15-23)28(34)36-27(21-10-4-19(5-11-21)7-17-25(31)32)26(33)20-8-2-18(3-9-20)6-16-24(29)30/h2-17,24,27,29-30H,1H3,(H,31,32)/b16-6+,17-7+.